The predicted molar refractivity (Wildman–Crippen MR) is 83.0 cm³/mol. The average molecular weight is 327 g/mol. The number of likely N-dealkylation sites (tertiary alicyclic amines) is 1. The molecule has 0 aromatic rings. The fraction of sp³-hybridized carbons (Fsp3) is 0.800. The summed E-state index contributed by atoms with van der Waals surface area (Å²) in [6.45, 7) is 0.239. The van der Waals surface area contributed by atoms with Crippen molar-refractivity contribution in [3.63, 3.8) is 0 Å². The van der Waals surface area contributed by atoms with Crippen molar-refractivity contribution in [3.05, 3.63) is 0 Å². The Hall–Kier alpha value is -1.34. The first-order valence-corrected chi connectivity index (χ1v) is 7.62. The van der Waals surface area contributed by atoms with Crippen LogP contribution < -0.4 is 5.32 Å². The summed E-state index contributed by atoms with van der Waals surface area (Å²) in [5.41, 5.74) is -0.158. The first-order valence-electron chi connectivity index (χ1n) is 7.62. The molecule has 2 aliphatic rings. The Bertz CT molecular complexity index is 443. The van der Waals surface area contributed by atoms with Crippen LogP contribution in [0.2, 0.25) is 0 Å². The Labute approximate surface area is 137 Å². The number of carbonyl (C=O) groups excluding carboxylic acids is 1. The molecule has 0 aromatic heterocycles. The van der Waals surface area contributed by atoms with Gasteiger partial charge in [-0.3, -0.25) is 4.79 Å². The van der Waals surface area contributed by atoms with Crippen LogP contribution >= 0.6 is 12.4 Å². The van der Waals surface area contributed by atoms with E-state index in [1.54, 1.807) is 0 Å². The van der Waals surface area contributed by atoms with Crippen LogP contribution in [0.4, 0.5) is 0 Å². The third kappa shape index (κ3) is 3.89. The van der Waals surface area contributed by atoms with Gasteiger partial charge in [0.2, 0.25) is 5.91 Å². The van der Waals surface area contributed by atoms with E-state index in [0.29, 0.717) is 19.3 Å². The van der Waals surface area contributed by atoms with E-state index in [1.807, 2.05) is 0 Å². The molecule has 1 aliphatic carbocycles. The second-order valence-corrected chi connectivity index (χ2v) is 5.98. The number of nitrogens with one attached hydrogen (secondary N) is 1. The second kappa shape index (κ2) is 8.33. The number of aliphatic hydroxyl groups excluding tert-OH is 1. The van der Waals surface area contributed by atoms with E-state index in [-0.39, 0.29) is 37.0 Å². The SMILES string of the molecule is Cl.N#C[C@@H]1CC[C@H](C#N)N1C(=O)CNC1(CCO)CCCC1. The minimum absolute atomic E-state index is 0. The monoisotopic (exact) mass is 326 g/mol. The van der Waals surface area contributed by atoms with Gasteiger partial charge in [0.05, 0.1) is 18.7 Å². The number of halogens is 1. The third-order valence-corrected chi connectivity index (χ3v) is 4.74. The molecule has 1 saturated heterocycles. The topological polar surface area (TPSA) is 100 Å². The quantitative estimate of drug-likeness (QED) is 0.788. The fourth-order valence-corrected chi connectivity index (χ4v) is 3.55. The minimum Gasteiger partial charge on any atom is -0.396 e. The molecule has 0 spiro atoms. The van der Waals surface area contributed by atoms with Crippen molar-refractivity contribution in [2.45, 2.75) is 62.6 Å². The molecular weight excluding hydrogens is 304 g/mol. The highest BCUT2D eigenvalue weighted by molar-refractivity contribution is 5.85. The van der Waals surface area contributed by atoms with Crippen LogP contribution in [0.5, 0.6) is 0 Å². The van der Waals surface area contributed by atoms with Crippen LogP contribution in [0.3, 0.4) is 0 Å². The van der Waals surface area contributed by atoms with Crippen LogP contribution in [-0.4, -0.2) is 46.7 Å². The molecule has 1 heterocycles. The zero-order valence-corrected chi connectivity index (χ0v) is 13.4. The van der Waals surface area contributed by atoms with Gasteiger partial charge in [0.1, 0.15) is 12.1 Å². The molecule has 0 bridgehead atoms. The lowest BCUT2D eigenvalue weighted by molar-refractivity contribution is -0.131. The average Bonchev–Trinajstić information content (AvgIpc) is 3.11. The molecule has 0 radical (unpaired) electrons. The smallest absolute Gasteiger partial charge is 0.238 e. The van der Waals surface area contributed by atoms with Gasteiger partial charge in [-0.2, -0.15) is 10.5 Å². The molecule has 122 valence electrons. The lowest BCUT2D eigenvalue weighted by Gasteiger charge is -2.31. The highest BCUT2D eigenvalue weighted by Crippen LogP contribution is 2.32. The lowest BCUT2D eigenvalue weighted by atomic mass is 9.93. The molecule has 2 fully saturated rings. The molecule has 22 heavy (non-hydrogen) atoms. The largest absolute Gasteiger partial charge is 0.396 e. The third-order valence-electron chi connectivity index (χ3n) is 4.74. The van der Waals surface area contributed by atoms with E-state index in [1.165, 1.54) is 4.90 Å². The molecule has 2 atom stereocenters. The van der Waals surface area contributed by atoms with Gasteiger partial charge in [0, 0.05) is 12.1 Å². The molecule has 1 amide bonds. The van der Waals surface area contributed by atoms with Gasteiger partial charge >= 0.3 is 0 Å². The van der Waals surface area contributed by atoms with Gasteiger partial charge in [-0.1, -0.05) is 12.8 Å². The first kappa shape index (κ1) is 18.7. The molecule has 7 heteroatoms. The normalized spacial score (nSPS) is 26.0. The summed E-state index contributed by atoms with van der Waals surface area (Å²) in [7, 11) is 0. The highest BCUT2D eigenvalue weighted by Gasteiger charge is 2.39. The Morgan fingerprint density at radius 1 is 1.23 bits per heavy atom. The van der Waals surface area contributed by atoms with Crippen molar-refractivity contribution in [3.8, 4) is 12.1 Å². The molecule has 1 aliphatic heterocycles. The number of aliphatic hydroxyl groups is 1. The molecule has 0 unspecified atom stereocenters. The van der Waals surface area contributed by atoms with E-state index >= 15 is 0 Å². The van der Waals surface area contributed by atoms with E-state index in [2.05, 4.69) is 17.5 Å². The summed E-state index contributed by atoms with van der Waals surface area (Å²) in [6.07, 6.45) is 5.92. The van der Waals surface area contributed by atoms with Crippen molar-refractivity contribution in [2.24, 2.45) is 0 Å². The summed E-state index contributed by atoms with van der Waals surface area (Å²) in [4.78, 5) is 13.8. The van der Waals surface area contributed by atoms with Gasteiger partial charge in [0.25, 0.3) is 0 Å². The Morgan fingerprint density at radius 3 is 2.23 bits per heavy atom. The van der Waals surface area contributed by atoms with Gasteiger partial charge in [0.15, 0.2) is 0 Å². The maximum absolute atomic E-state index is 12.4. The lowest BCUT2D eigenvalue weighted by Crippen LogP contribution is -2.51. The van der Waals surface area contributed by atoms with Crippen molar-refractivity contribution < 1.29 is 9.90 Å². The van der Waals surface area contributed by atoms with Gasteiger partial charge in [-0.05, 0) is 32.1 Å². The van der Waals surface area contributed by atoms with Crippen molar-refractivity contribution in [1.82, 2.24) is 10.2 Å². The van der Waals surface area contributed by atoms with Crippen molar-refractivity contribution >= 4 is 18.3 Å². The van der Waals surface area contributed by atoms with Gasteiger partial charge < -0.3 is 15.3 Å². The van der Waals surface area contributed by atoms with E-state index in [9.17, 15) is 9.90 Å². The van der Waals surface area contributed by atoms with Crippen molar-refractivity contribution in [1.29, 1.82) is 10.5 Å². The number of rotatable bonds is 5. The zero-order valence-electron chi connectivity index (χ0n) is 12.6. The number of hydrogen-bond acceptors (Lipinski definition) is 5. The molecule has 2 rings (SSSR count). The van der Waals surface area contributed by atoms with E-state index in [4.69, 9.17) is 10.5 Å². The van der Waals surface area contributed by atoms with Gasteiger partial charge in [-0.25, -0.2) is 0 Å². The van der Waals surface area contributed by atoms with Crippen molar-refractivity contribution in [2.75, 3.05) is 13.2 Å². The zero-order chi connectivity index (χ0) is 15.3. The number of amides is 1. The number of nitrogens with zero attached hydrogens (tertiary/aromatic N) is 3. The van der Waals surface area contributed by atoms with E-state index < -0.39 is 12.1 Å². The Kier molecular flexibility index (Phi) is 7.09. The summed E-state index contributed by atoms with van der Waals surface area (Å²) >= 11 is 0. The summed E-state index contributed by atoms with van der Waals surface area (Å²) < 4.78 is 0. The first-order chi connectivity index (χ1) is 10.2. The molecule has 2 N–H and O–H groups in total. The molecule has 6 nitrogen and oxygen atoms in total. The highest BCUT2D eigenvalue weighted by atomic mass is 35.5. The Morgan fingerprint density at radius 2 is 1.77 bits per heavy atom. The number of hydrogen-bond donors (Lipinski definition) is 2. The van der Waals surface area contributed by atoms with Crippen LogP contribution in [0.1, 0.15) is 44.9 Å². The van der Waals surface area contributed by atoms with Crippen LogP contribution in [0, 0.1) is 22.7 Å². The standard InChI is InChI=1S/C15H22N4O2.ClH/c16-9-12-3-4-13(10-17)19(12)14(21)11-18-15(7-8-20)5-1-2-6-15;/h12-13,18,20H,1-8,11H2;1H/t12-,13+;. The molecule has 1 saturated carbocycles. The van der Waals surface area contributed by atoms with Crippen LogP contribution in [0.15, 0.2) is 0 Å². The van der Waals surface area contributed by atoms with E-state index in [0.717, 1.165) is 25.7 Å². The maximum Gasteiger partial charge on any atom is 0.238 e. The molecular formula is C15H23ClN4O2. The maximum atomic E-state index is 12.4. The molecule has 0 aromatic carbocycles. The van der Waals surface area contributed by atoms with Crippen LogP contribution in [-0.2, 0) is 4.79 Å². The van der Waals surface area contributed by atoms with Crippen LogP contribution in [0.25, 0.3) is 0 Å². The second-order valence-electron chi connectivity index (χ2n) is 5.98. The number of nitriles is 2. The summed E-state index contributed by atoms with van der Waals surface area (Å²) in [5, 5.41) is 30.7. The Balaban J connectivity index is 0.00000242. The number of carbonyl (C=O) groups is 1. The minimum atomic E-state index is -0.485. The van der Waals surface area contributed by atoms with Gasteiger partial charge in [-0.15, -0.1) is 12.4 Å². The summed E-state index contributed by atoms with van der Waals surface area (Å²) in [5.74, 6) is -0.185. The summed E-state index contributed by atoms with van der Waals surface area (Å²) in [6, 6.07) is 3.25. The predicted octanol–water partition coefficient (Wildman–Crippen LogP) is 1.10. The fourth-order valence-electron chi connectivity index (χ4n) is 3.55.